The van der Waals surface area contributed by atoms with Gasteiger partial charge < -0.3 is 14.6 Å². The quantitative estimate of drug-likeness (QED) is 0.645. The Balaban J connectivity index is 1.59. The first kappa shape index (κ1) is 18.3. The van der Waals surface area contributed by atoms with E-state index in [0.717, 1.165) is 51.9 Å². The van der Waals surface area contributed by atoms with Gasteiger partial charge in [0.25, 0.3) is 0 Å². The number of para-hydroxylation sites is 1. The second-order valence-electron chi connectivity index (χ2n) is 7.51. The van der Waals surface area contributed by atoms with Gasteiger partial charge in [-0.2, -0.15) is 0 Å². The average molecular weight is 376 g/mol. The van der Waals surface area contributed by atoms with Crippen molar-refractivity contribution in [2.24, 2.45) is 5.92 Å². The molecule has 2 aromatic carbocycles. The number of benzene rings is 2. The molecule has 4 rings (SSSR count). The number of amides is 1. The average Bonchev–Trinajstić information content (AvgIpc) is 3.47. The second-order valence-corrected chi connectivity index (χ2v) is 7.51. The lowest BCUT2D eigenvalue weighted by molar-refractivity contribution is -0.116. The van der Waals surface area contributed by atoms with E-state index in [2.05, 4.69) is 5.32 Å². The maximum atomic E-state index is 12.7. The summed E-state index contributed by atoms with van der Waals surface area (Å²) in [6.45, 7) is 4.04. The third-order valence-corrected chi connectivity index (χ3v) is 5.33. The highest BCUT2D eigenvalue weighted by Crippen LogP contribution is 2.35. The molecule has 5 nitrogen and oxygen atoms in total. The highest BCUT2D eigenvalue weighted by atomic mass is 16.5. The molecule has 0 spiro atoms. The number of carbonyl (C=O) groups is 2. The van der Waals surface area contributed by atoms with Crippen LogP contribution in [0.15, 0.2) is 42.6 Å². The molecule has 1 aromatic heterocycles. The minimum Gasteiger partial charge on any atom is -0.496 e. The number of methoxy groups -OCH3 is 1. The minimum absolute atomic E-state index is 0.126. The Morgan fingerprint density at radius 3 is 2.61 bits per heavy atom. The second kappa shape index (κ2) is 7.15. The normalized spacial score (nSPS) is 13.5. The lowest BCUT2D eigenvalue weighted by atomic mass is 10.1. The van der Waals surface area contributed by atoms with Crippen molar-refractivity contribution >= 4 is 28.3 Å². The highest BCUT2D eigenvalue weighted by Gasteiger charge is 2.32. The molecular weight excluding hydrogens is 352 g/mol. The standard InChI is InChI=1S/C23H24N2O3/c1-14-11-21(28-3)15(2)10-19(14)24-22(26)13-25-12-18(23(27)16-8-9-16)17-6-4-5-7-20(17)25/h4-7,10-12,16H,8-9,13H2,1-3H3,(H,24,26). The summed E-state index contributed by atoms with van der Waals surface area (Å²) in [6.07, 6.45) is 3.76. The van der Waals surface area contributed by atoms with Crippen molar-refractivity contribution in [3.05, 3.63) is 59.3 Å². The van der Waals surface area contributed by atoms with Gasteiger partial charge in [0.2, 0.25) is 5.91 Å². The van der Waals surface area contributed by atoms with Gasteiger partial charge in [-0.15, -0.1) is 0 Å². The molecule has 0 radical (unpaired) electrons. The Morgan fingerprint density at radius 1 is 1.14 bits per heavy atom. The fourth-order valence-corrected chi connectivity index (χ4v) is 3.63. The molecule has 1 N–H and O–H groups in total. The van der Waals surface area contributed by atoms with Crippen LogP contribution in [0, 0.1) is 19.8 Å². The van der Waals surface area contributed by atoms with Gasteiger partial charge in [0.05, 0.1) is 7.11 Å². The summed E-state index contributed by atoms with van der Waals surface area (Å²) in [4.78, 5) is 25.3. The van der Waals surface area contributed by atoms with Crippen LogP contribution in [-0.2, 0) is 11.3 Å². The maximum absolute atomic E-state index is 12.7. The van der Waals surface area contributed by atoms with Crippen molar-refractivity contribution in [1.29, 1.82) is 0 Å². The first-order valence-corrected chi connectivity index (χ1v) is 9.55. The number of ether oxygens (including phenoxy) is 1. The van der Waals surface area contributed by atoms with Crippen LogP contribution in [0.2, 0.25) is 0 Å². The number of ketones is 1. The molecule has 0 aliphatic heterocycles. The number of fused-ring (bicyclic) bond motifs is 1. The molecule has 0 bridgehead atoms. The van der Waals surface area contributed by atoms with Crippen molar-refractivity contribution in [3.8, 4) is 5.75 Å². The Labute approximate surface area is 164 Å². The van der Waals surface area contributed by atoms with Gasteiger partial charge in [-0.25, -0.2) is 0 Å². The fourth-order valence-electron chi connectivity index (χ4n) is 3.63. The number of aromatic nitrogens is 1. The van der Waals surface area contributed by atoms with Crippen LogP contribution in [0.1, 0.15) is 34.3 Å². The van der Waals surface area contributed by atoms with E-state index < -0.39 is 0 Å². The summed E-state index contributed by atoms with van der Waals surface area (Å²) in [6, 6.07) is 11.6. The van der Waals surface area contributed by atoms with E-state index >= 15 is 0 Å². The fraction of sp³-hybridized carbons (Fsp3) is 0.304. The minimum atomic E-state index is -0.126. The Kier molecular flexibility index (Phi) is 4.67. The summed E-state index contributed by atoms with van der Waals surface area (Å²) >= 11 is 0. The van der Waals surface area contributed by atoms with Gasteiger partial charge in [-0.05, 0) is 56.0 Å². The van der Waals surface area contributed by atoms with Crippen molar-refractivity contribution in [1.82, 2.24) is 4.57 Å². The number of nitrogens with zero attached hydrogens (tertiary/aromatic N) is 1. The summed E-state index contributed by atoms with van der Waals surface area (Å²) in [5, 5.41) is 3.91. The van der Waals surface area contributed by atoms with Crippen LogP contribution in [0.5, 0.6) is 5.75 Å². The summed E-state index contributed by atoms with van der Waals surface area (Å²) < 4.78 is 7.20. The number of Topliss-reactive ketones (excluding diaryl/α,β-unsaturated/α-hetero) is 1. The smallest absolute Gasteiger partial charge is 0.244 e. The predicted octanol–water partition coefficient (Wildman–Crippen LogP) is 4.50. The summed E-state index contributed by atoms with van der Waals surface area (Å²) in [5.41, 5.74) is 4.31. The van der Waals surface area contributed by atoms with Gasteiger partial charge >= 0.3 is 0 Å². The maximum Gasteiger partial charge on any atom is 0.244 e. The third-order valence-electron chi connectivity index (χ3n) is 5.33. The van der Waals surface area contributed by atoms with Crippen LogP contribution >= 0.6 is 0 Å². The predicted molar refractivity (Wildman–Crippen MR) is 110 cm³/mol. The number of nitrogens with one attached hydrogen (secondary N) is 1. The molecule has 3 aromatic rings. The summed E-state index contributed by atoms with van der Waals surface area (Å²) in [5.74, 6) is 1.02. The van der Waals surface area contributed by atoms with Crippen LogP contribution in [0.3, 0.4) is 0 Å². The van der Waals surface area contributed by atoms with Gasteiger partial charge in [-0.1, -0.05) is 18.2 Å². The van der Waals surface area contributed by atoms with Gasteiger partial charge in [-0.3, -0.25) is 9.59 Å². The largest absolute Gasteiger partial charge is 0.496 e. The number of hydrogen-bond acceptors (Lipinski definition) is 3. The molecule has 1 saturated carbocycles. The molecule has 1 aliphatic carbocycles. The lowest BCUT2D eigenvalue weighted by Crippen LogP contribution is -2.19. The van der Waals surface area contributed by atoms with Crippen molar-refractivity contribution in [3.63, 3.8) is 0 Å². The van der Waals surface area contributed by atoms with E-state index in [-0.39, 0.29) is 24.2 Å². The van der Waals surface area contributed by atoms with E-state index in [4.69, 9.17) is 4.74 Å². The molecule has 1 heterocycles. The molecule has 0 atom stereocenters. The van der Waals surface area contributed by atoms with E-state index in [1.807, 2.05) is 61.0 Å². The zero-order chi connectivity index (χ0) is 19.8. The van der Waals surface area contributed by atoms with Crippen molar-refractivity contribution in [2.75, 3.05) is 12.4 Å². The monoisotopic (exact) mass is 376 g/mol. The summed E-state index contributed by atoms with van der Waals surface area (Å²) in [7, 11) is 1.64. The zero-order valence-corrected chi connectivity index (χ0v) is 16.4. The number of rotatable bonds is 6. The molecule has 144 valence electrons. The van der Waals surface area contributed by atoms with Gasteiger partial charge in [0.1, 0.15) is 12.3 Å². The highest BCUT2D eigenvalue weighted by molar-refractivity contribution is 6.10. The third kappa shape index (κ3) is 3.40. The first-order valence-electron chi connectivity index (χ1n) is 9.55. The number of aryl methyl sites for hydroxylation is 2. The van der Waals surface area contributed by atoms with Gasteiger partial charge in [0, 0.05) is 34.3 Å². The zero-order valence-electron chi connectivity index (χ0n) is 16.4. The number of carbonyl (C=O) groups excluding carboxylic acids is 2. The van der Waals surface area contributed by atoms with Crippen molar-refractivity contribution in [2.45, 2.75) is 33.2 Å². The van der Waals surface area contributed by atoms with Crippen molar-refractivity contribution < 1.29 is 14.3 Å². The van der Waals surface area contributed by atoms with Crippen LogP contribution in [-0.4, -0.2) is 23.4 Å². The lowest BCUT2D eigenvalue weighted by Gasteiger charge is -2.13. The molecule has 5 heteroatoms. The Hall–Kier alpha value is -3.08. The molecule has 1 aliphatic rings. The molecule has 1 amide bonds. The molecule has 0 saturated heterocycles. The molecular formula is C23H24N2O3. The molecule has 0 unspecified atom stereocenters. The first-order chi connectivity index (χ1) is 13.5. The Bertz CT molecular complexity index is 1080. The topological polar surface area (TPSA) is 60.3 Å². The van der Waals surface area contributed by atoms with Gasteiger partial charge in [0.15, 0.2) is 5.78 Å². The van der Waals surface area contributed by atoms with Crippen LogP contribution in [0.4, 0.5) is 5.69 Å². The number of anilines is 1. The Morgan fingerprint density at radius 2 is 1.89 bits per heavy atom. The SMILES string of the molecule is COc1cc(C)c(NC(=O)Cn2cc(C(=O)C3CC3)c3ccccc32)cc1C. The molecule has 28 heavy (non-hydrogen) atoms. The molecule has 1 fully saturated rings. The van der Waals surface area contributed by atoms with E-state index in [1.54, 1.807) is 7.11 Å². The van der Waals surface area contributed by atoms with E-state index in [0.29, 0.717) is 0 Å². The van der Waals surface area contributed by atoms with E-state index in [1.165, 1.54) is 0 Å². The van der Waals surface area contributed by atoms with Crippen LogP contribution < -0.4 is 10.1 Å². The van der Waals surface area contributed by atoms with E-state index in [9.17, 15) is 9.59 Å². The van der Waals surface area contributed by atoms with Crippen LogP contribution in [0.25, 0.3) is 10.9 Å². The number of hydrogen-bond donors (Lipinski definition) is 1.